The van der Waals surface area contributed by atoms with Crippen LogP contribution in [-0.4, -0.2) is 19.6 Å². The molecule has 2 aromatic rings. The van der Waals surface area contributed by atoms with Gasteiger partial charge in [0.15, 0.2) is 0 Å². The third kappa shape index (κ3) is 3.49. The maximum atomic E-state index is 11.3. The van der Waals surface area contributed by atoms with Crippen molar-refractivity contribution in [3.05, 3.63) is 46.0 Å². The Morgan fingerprint density at radius 2 is 2.30 bits per heavy atom. The first-order valence-corrected chi connectivity index (χ1v) is 7.31. The average molecular weight is 293 g/mol. The molecule has 0 unspecified atom stereocenters. The third-order valence-electron chi connectivity index (χ3n) is 3.13. The number of hydrogen-bond donors (Lipinski definition) is 1. The van der Waals surface area contributed by atoms with Crippen molar-refractivity contribution in [2.75, 3.05) is 13.7 Å². The number of carbonyl (C=O) groups excluding carboxylic acids is 1. The predicted molar refractivity (Wildman–Crippen MR) is 79.1 cm³/mol. The van der Waals surface area contributed by atoms with Crippen LogP contribution in [0.5, 0.6) is 0 Å². The van der Waals surface area contributed by atoms with Crippen molar-refractivity contribution in [3.63, 3.8) is 0 Å². The van der Waals surface area contributed by atoms with Gasteiger partial charge in [0, 0.05) is 16.8 Å². The first-order valence-electron chi connectivity index (χ1n) is 6.43. The van der Waals surface area contributed by atoms with Crippen LogP contribution in [-0.2, 0) is 16.7 Å². The van der Waals surface area contributed by atoms with Gasteiger partial charge in [-0.25, -0.2) is 4.79 Å². The van der Waals surface area contributed by atoms with Gasteiger partial charge in [0.25, 0.3) is 0 Å². The van der Waals surface area contributed by atoms with E-state index in [2.05, 4.69) is 41.4 Å². The molecule has 0 aliphatic heterocycles. The summed E-state index contributed by atoms with van der Waals surface area (Å²) < 4.78 is 9.97. The van der Waals surface area contributed by atoms with Crippen molar-refractivity contribution in [2.24, 2.45) is 0 Å². The molecule has 0 aliphatic rings. The van der Waals surface area contributed by atoms with E-state index < -0.39 is 0 Å². The van der Waals surface area contributed by atoms with Crippen molar-refractivity contribution in [1.29, 1.82) is 0 Å². The van der Waals surface area contributed by atoms with Gasteiger partial charge < -0.3 is 14.5 Å². The molecule has 5 heteroatoms. The molecule has 4 nitrogen and oxygen atoms in total. The van der Waals surface area contributed by atoms with Crippen LogP contribution in [0.3, 0.4) is 0 Å². The molecule has 0 saturated carbocycles. The van der Waals surface area contributed by atoms with E-state index in [0.717, 1.165) is 12.3 Å². The average Bonchev–Trinajstić information content (AvgIpc) is 3.09. The molecular formula is C15H19NO3S. The van der Waals surface area contributed by atoms with Crippen molar-refractivity contribution in [1.82, 2.24) is 5.32 Å². The zero-order chi connectivity index (χ0) is 14.6. The van der Waals surface area contributed by atoms with E-state index in [1.54, 1.807) is 17.4 Å². The smallest absolute Gasteiger partial charge is 0.341 e. The summed E-state index contributed by atoms with van der Waals surface area (Å²) >= 11 is 1.76. The number of nitrogens with one attached hydrogen (secondary N) is 1. The number of furan rings is 1. The first kappa shape index (κ1) is 14.8. The van der Waals surface area contributed by atoms with E-state index >= 15 is 0 Å². The van der Waals surface area contributed by atoms with E-state index in [-0.39, 0.29) is 11.4 Å². The quantitative estimate of drug-likeness (QED) is 0.831. The lowest BCUT2D eigenvalue weighted by molar-refractivity contribution is 0.0600. The highest BCUT2D eigenvalue weighted by molar-refractivity contribution is 7.10. The Kier molecular flexibility index (Phi) is 4.62. The SMILES string of the molecule is COC(=O)c1coc(CNCC(C)(C)c2cccs2)c1. The standard InChI is InChI=1S/C15H19NO3S/c1-15(2,13-5-4-6-20-13)10-16-8-12-7-11(9-19-12)14(17)18-3/h4-7,9,16H,8,10H2,1-3H3. The van der Waals surface area contributed by atoms with Gasteiger partial charge in [0.2, 0.25) is 0 Å². The summed E-state index contributed by atoms with van der Waals surface area (Å²) in [5.41, 5.74) is 0.521. The molecule has 2 heterocycles. The number of thiophene rings is 1. The van der Waals surface area contributed by atoms with Crippen molar-refractivity contribution >= 4 is 17.3 Å². The largest absolute Gasteiger partial charge is 0.467 e. The molecule has 1 N–H and O–H groups in total. The van der Waals surface area contributed by atoms with Crippen molar-refractivity contribution in [3.8, 4) is 0 Å². The van der Waals surface area contributed by atoms with Gasteiger partial charge >= 0.3 is 5.97 Å². The summed E-state index contributed by atoms with van der Waals surface area (Å²) in [6, 6.07) is 5.92. The van der Waals surface area contributed by atoms with Gasteiger partial charge in [-0.05, 0) is 17.5 Å². The molecule has 0 amide bonds. The zero-order valence-electron chi connectivity index (χ0n) is 11.9. The first-order chi connectivity index (χ1) is 9.53. The Bertz CT molecular complexity index is 557. The summed E-state index contributed by atoms with van der Waals surface area (Å²) in [7, 11) is 1.36. The number of ether oxygens (including phenoxy) is 1. The minimum atomic E-state index is -0.376. The maximum absolute atomic E-state index is 11.3. The second-order valence-corrected chi connectivity index (χ2v) is 6.21. The lowest BCUT2D eigenvalue weighted by atomic mass is 9.91. The number of methoxy groups -OCH3 is 1. The van der Waals surface area contributed by atoms with Gasteiger partial charge in [0.1, 0.15) is 12.0 Å². The number of esters is 1. The molecule has 108 valence electrons. The Labute approximate surface area is 122 Å². The molecule has 0 aromatic carbocycles. The fraction of sp³-hybridized carbons (Fsp3) is 0.400. The summed E-state index contributed by atoms with van der Waals surface area (Å²) in [4.78, 5) is 12.7. The number of rotatable bonds is 6. The Morgan fingerprint density at radius 3 is 2.95 bits per heavy atom. The minimum absolute atomic E-state index is 0.0753. The molecule has 0 atom stereocenters. The highest BCUT2D eigenvalue weighted by Crippen LogP contribution is 2.26. The molecule has 2 rings (SSSR count). The van der Waals surface area contributed by atoms with Crippen LogP contribution in [0.15, 0.2) is 34.3 Å². The lowest BCUT2D eigenvalue weighted by Crippen LogP contribution is -2.31. The number of hydrogen-bond acceptors (Lipinski definition) is 5. The molecule has 20 heavy (non-hydrogen) atoms. The van der Waals surface area contributed by atoms with E-state index in [0.29, 0.717) is 12.1 Å². The number of carbonyl (C=O) groups is 1. The van der Waals surface area contributed by atoms with Crippen LogP contribution < -0.4 is 5.32 Å². The fourth-order valence-corrected chi connectivity index (χ4v) is 2.80. The van der Waals surface area contributed by atoms with Gasteiger partial charge in [-0.2, -0.15) is 0 Å². The van der Waals surface area contributed by atoms with E-state index in [1.807, 2.05) is 0 Å². The van der Waals surface area contributed by atoms with E-state index in [9.17, 15) is 4.79 Å². The van der Waals surface area contributed by atoms with Crippen molar-refractivity contribution < 1.29 is 13.9 Å². The molecule has 0 bridgehead atoms. The van der Waals surface area contributed by atoms with Gasteiger partial charge in [-0.15, -0.1) is 11.3 Å². The Morgan fingerprint density at radius 1 is 1.50 bits per heavy atom. The van der Waals surface area contributed by atoms with Gasteiger partial charge in [-0.1, -0.05) is 19.9 Å². The molecule has 2 aromatic heterocycles. The minimum Gasteiger partial charge on any atom is -0.467 e. The van der Waals surface area contributed by atoms with E-state index in [4.69, 9.17) is 4.42 Å². The molecule has 0 saturated heterocycles. The predicted octanol–water partition coefficient (Wildman–Crippen LogP) is 3.20. The van der Waals surface area contributed by atoms with Crippen LogP contribution in [0.25, 0.3) is 0 Å². The van der Waals surface area contributed by atoms with E-state index in [1.165, 1.54) is 18.3 Å². The zero-order valence-corrected chi connectivity index (χ0v) is 12.8. The van der Waals surface area contributed by atoms with Crippen LogP contribution in [0.2, 0.25) is 0 Å². The summed E-state index contributed by atoms with van der Waals surface area (Å²) in [5, 5.41) is 5.45. The topological polar surface area (TPSA) is 51.5 Å². The molecular weight excluding hydrogens is 274 g/mol. The van der Waals surface area contributed by atoms with Crippen LogP contribution in [0.4, 0.5) is 0 Å². The van der Waals surface area contributed by atoms with Crippen molar-refractivity contribution in [2.45, 2.75) is 25.8 Å². The molecule has 0 spiro atoms. The fourth-order valence-electron chi connectivity index (χ4n) is 1.95. The van der Waals surface area contributed by atoms with Gasteiger partial charge in [-0.3, -0.25) is 0 Å². The normalized spacial score (nSPS) is 11.6. The second kappa shape index (κ2) is 6.24. The monoisotopic (exact) mass is 293 g/mol. The molecule has 0 fully saturated rings. The van der Waals surface area contributed by atoms with Crippen LogP contribution in [0, 0.1) is 0 Å². The van der Waals surface area contributed by atoms with Crippen LogP contribution in [0.1, 0.15) is 34.8 Å². The Balaban J connectivity index is 1.87. The lowest BCUT2D eigenvalue weighted by Gasteiger charge is -2.23. The Hall–Kier alpha value is -1.59. The second-order valence-electron chi connectivity index (χ2n) is 5.26. The maximum Gasteiger partial charge on any atom is 0.341 e. The summed E-state index contributed by atoms with van der Waals surface area (Å²) in [5.74, 6) is 0.353. The third-order valence-corrected chi connectivity index (χ3v) is 4.37. The highest BCUT2D eigenvalue weighted by atomic mass is 32.1. The van der Waals surface area contributed by atoms with Crippen LogP contribution >= 0.6 is 11.3 Å². The highest BCUT2D eigenvalue weighted by Gasteiger charge is 2.21. The van der Waals surface area contributed by atoms with Gasteiger partial charge in [0.05, 0.1) is 19.2 Å². The molecule has 0 radical (unpaired) electrons. The summed E-state index contributed by atoms with van der Waals surface area (Å²) in [6.45, 7) is 5.83. The summed E-state index contributed by atoms with van der Waals surface area (Å²) in [6.07, 6.45) is 1.42. The molecule has 0 aliphatic carbocycles.